The van der Waals surface area contributed by atoms with Crippen LogP contribution in [0, 0.1) is 5.82 Å². The number of anilines is 1. The molecule has 4 nitrogen and oxygen atoms in total. The lowest BCUT2D eigenvalue weighted by Crippen LogP contribution is -1.91. The standard InChI is InChI=1S/C11H10FN3O/c12-7-3-4-8(9(13)5-7)11-14-10(15-16-11)6-1-2-6/h3-6H,1-2,13H2. The number of rotatable bonds is 2. The molecule has 1 aromatic heterocycles. The van der Waals surface area contributed by atoms with Crippen molar-refractivity contribution in [3.63, 3.8) is 0 Å². The molecule has 1 saturated carbocycles. The second kappa shape index (κ2) is 3.30. The van der Waals surface area contributed by atoms with Crippen LogP contribution in [-0.4, -0.2) is 10.1 Å². The number of nitrogen functional groups attached to an aromatic ring is 1. The maximum Gasteiger partial charge on any atom is 0.260 e. The Morgan fingerprint density at radius 3 is 2.88 bits per heavy atom. The van der Waals surface area contributed by atoms with Crippen molar-refractivity contribution < 1.29 is 8.91 Å². The average Bonchev–Trinajstić information content (AvgIpc) is 2.98. The van der Waals surface area contributed by atoms with Crippen molar-refractivity contribution in [2.24, 2.45) is 0 Å². The molecule has 0 atom stereocenters. The first-order valence-corrected chi connectivity index (χ1v) is 5.13. The van der Waals surface area contributed by atoms with Gasteiger partial charge in [-0.3, -0.25) is 0 Å². The fourth-order valence-electron chi connectivity index (χ4n) is 1.58. The highest BCUT2D eigenvalue weighted by molar-refractivity contribution is 5.70. The molecule has 82 valence electrons. The van der Waals surface area contributed by atoms with Crippen LogP contribution < -0.4 is 5.73 Å². The van der Waals surface area contributed by atoms with Gasteiger partial charge in [0.15, 0.2) is 5.82 Å². The van der Waals surface area contributed by atoms with Crippen molar-refractivity contribution in [3.8, 4) is 11.5 Å². The molecule has 0 unspecified atom stereocenters. The molecule has 0 amide bonds. The van der Waals surface area contributed by atoms with Gasteiger partial charge in [-0.2, -0.15) is 4.98 Å². The highest BCUT2D eigenvalue weighted by Gasteiger charge is 2.29. The molecular weight excluding hydrogens is 209 g/mol. The smallest absolute Gasteiger partial charge is 0.260 e. The van der Waals surface area contributed by atoms with Crippen LogP contribution >= 0.6 is 0 Å². The quantitative estimate of drug-likeness (QED) is 0.787. The number of halogens is 1. The van der Waals surface area contributed by atoms with Gasteiger partial charge < -0.3 is 10.3 Å². The molecule has 2 aromatic rings. The van der Waals surface area contributed by atoms with Crippen molar-refractivity contribution in [1.82, 2.24) is 10.1 Å². The molecule has 1 heterocycles. The third kappa shape index (κ3) is 1.54. The fraction of sp³-hybridized carbons (Fsp3) is 0.273. The van der Waals surface area contributed by atoms with Gasteiger partial charge in [0.05, 0.1) is 5.56 Å². The summed E-state index contributed by atoms with van der Waals surface area (Å²) in [5.41, 5.74) is 6.58. The number of nitrogens with two attached hydrogens (primary N) is 1. The number of aromatic nitrogens is 2. The van der Waals surface area contributed by atoms with E-state index in [1.807, 2.05) is 0 Å². The zero-order valence-corrected chi connectivity index (χ0v) is 8.48. The minimum absolute atomic E-state index is 0.311. The molecule has 0 bridgehead atoms. The van der Waals surface area contributed by atoms with Crippen LogP contribution in [0.3, 0.4) is 0 Å². The highest BCUT2D eigenvalue weighted by Crippen LogP contribution is 2.39. The third-order valence-electron chi connectivity index (χ3n) is 2.63. The largest absolute Gasteiger partial charge is 0.398 e. The van der Waals surface area contributed by atoms with E-state index in [2.05, 4.69) is 10.1 Å². The number of hydrogen-bond donors (Lipinski definition) is 1. The molecule has 1 aliphatic rings. The van der Waals surface area contributed by atoms with Crippen molar-refractivity contribution in [2.75, 3.05) is 5.73 Å². The highest BCUT2D eigenvalue weighted by atomic mass is 19.1. The molecular formula is C11H10FN3O. The van der Waals surface area contributed by atoms with Crippen LogP contribution in [0.2, 0.25) is 0 Å². The molecule has 3 rings (SSSR count). The molecule has 1 aromatic carbocycles. The second-order valence-electron chi connectivity index (χ2n) is 3.96. The Kier molecular flexibility index (Phi) is 1.92. The molecule has 0 aliphatic heterocycles. The van der Waals surface area contributed by atoms with Gasteiger partial charge in [0.1, 0.15) is 5.82 Å². The average molecular weight is 219 g/mol. The van der Waals surface area contributed by atoms with Gasteiger partial charge in [-0.15, -0.1) is 0 Å². The normalized spacial score (nSPS) is 15.3. The van der Waals surface area contributed by atoms with E-state index in [0.717, 1.165) is 18.7 Å². The van der Waals surface area contributed by atoms with Gasteiger partial charge in [0, 0.05) is 11.6 Å². The van der Waals surface area contributed by atoms with E-state index < -0.39 is 0 Å². The first-order chi connectivity index (χ1) is 7.74. The number of nitrogens with zero attached hydrogens (tertiary/aromatic N) is 2. The summed E-state index contributed by atoms with van der Waals surface area (Å²) in [6.07, 6.45) is 2.22. The van der Waals surface area contributed by atoms with E-state index in [0.29, 0.717) is 23.1 Å². The van der Waals surface area contributed by atoms with Crippen molar-refractivity contribution >= 4 is 5.69 Å². The Labute approximate surface area is 91.3 Å². The van der Waals surface area contributed by atoms with Gasteiger partial charge in [0.25, 0.3) is 5.89 Å². The van der Waals surface area contributed by atoms with Gasteiger partial charge in [-0.05, 0) is 31.0 Å². The molecule has 16 heavy (non-hydrogen) atoms. The molecule has 5 heteroatoms. The van der Waals surface area contributed by atoms with Gasteiger partial charge in [0.2, 0.25) is 0 Å². The summed E-state index contributed by atoms with van der Waals surface area (Å²) >= 11 is 0. The maximum absolute atomic E-state index is 12.9. The lowest BCUT2D eigenvalue weighted by molar-refractivity contribution is 0.423. The minimum Gasteiger partial charge on any atom is -0.398 e. The lowest BCUT2D eigenvalue weighted by Gasteiger charge is -1.99. The van der Waals surface area contributed by atoms with Crippen LogP contribution in [-0.2, 0) is 0 Å². The SMILES string of the molecule is Nc1cc(F)ccc1-c1nc(C2CC2)no1. The third-order valence-corrected chi connectivity index (χ3v) is 2.63. The molecule has 0 spiro atoms. The fourth-order valence-corrected chi connectivity index (χ4v) is 1.58. The molecule has 1 fully saturated rings. The summed E-state index contributed by atoms with van der Waals surface area (Å²) in [4.78, 5) is 4.25. The Morgan fingerprint density at radius 2 is 2.19 bits per heavy atom. The van der Waals surface area contributed by atoms with Crippen LogP contribution in [0.15, 0.2) is 22.7 Å². The molecule has 1 aliphatic carbocycles. The zero-order chi connectivity index (χ0) is 11.1. The summed E-state index contributed by atoms with van der Waals surface area (Å²) in [5.74, 6) is 1.14. The van der Waals surface area contributed by atoms with E-state index >= 15 is 0 Å². The first-order valence-electron chi connectivity index (χ1n) is 5.13. The molecule has 2 N–H and O–H groups in total. The van der Waals surface area contributed by atoms with Gasteiger partial charge in [-0.25, -0.2) is 4.39 Å². The monoisotopic (exact) mass is 219 g/mol. The van der Waals surface area contributed by atoms with E-state index in [9.17, 15) is 4.39 Å². The topological polar surface area (TPSA) is 64.9 Å². The van der Waals surface area contributed by atoms with Crippen molar-refractivity contribution in [3.05, 3.63) is 29.8 Å². The number of benzene rings is 1. The minimum atomic E-state index is -0.372. The lowest BCUT2D eigenvalue weighted by atomic mass is 10.2. The summed E-state index contributed by atoms with van der Waals surface area (Å²) in [6.45, 7) is 0. The molecule has 0 radical (unpaired) electrons. The second-order valence-corrected chi connectivity index (χ2v) is 3.96. The van der Waals surface area contributed by atoms with Crippen molar-refractivity contribution in [1.29, 1.82) is 0 Å². The summed E-state index contributed by atoms with van der Waals surface area (Å²) in [5, 5.41) is 3.88. The summed E-state index contributed by atoms with van der Waals surface area (Å²) in [7, 11) is 0. The van der Waals surface area contributed by atoms with E-state index in [-0.39, 0.29) is 5.82 Å². The Bertz CT molecular complexity index is 534. The Hall–Kier alpha value is -1.91. The summed E-state index contributed by atoms with van der Waals surface area (Å²) in [6, 6.07) is 4.12. The van der Waals surface area contributed by atoms with Crippen LogP contribution in [0.4, 0.5) is 10.1 Å². The van der Waals surface area contributed by atoms with Crippen LogP contribution in [0.5, 0.6) is 0 Å². The van der Waals surface area contributed by atoms with E-state index in [1.165, 1.54) is 12.1 Å². The Morgan fingerprint density at radius 1 is 1.38 bits per heavy atom. The van der Waals surface area contributed by atoms with Crippen LogP contribution in [0.1, 0.15) is 24.6 Å². The number of hydrogen-bond acceptors (Lipinski definition) is 4. The molecule has 0 saturated heterocycles. The van der Waals surface area contributed by atoms with E-state index in [1.54, 1.807) is 6.07 Å². The van der Waals surface area contributed by atoms with Gasteiger partial charge >= 0.3 is 0 Å². The van der Waals surface area contributed by atoms with E-state index in [4.69, 9.17) is 10.3 Å². The van der Waals surface area contributed by atoms with Crippen molar-refractivity contribution in [2.45, 2.75) is 18.8 Å². The first kappa shape index (κ1) is 9.33. The zero-order valence-electron chi connectivity index (χ0n) is 8.48. The van der Waals surface area contributed by atoms with Gasteiger partial charge in [-0.1, -0.05) is 5.16 Å². The predicted octanol–water partition coefficient (Wildman–Crippen LogP) is 2.34. The van der Waals surface area contributed by atoms with Crippen LogP contribution in [0.25, 0.3) is 11.5 Å². The summed E-state index contributed by atoms with van der Waals surface area (Å²) < 4.78 is 18.0. The predicted molar refractivity (Wildman–Crippen MR) is 56.1 cm³/mol. The Balaban J connectivity index is 2.00. The maximum atomic E-state index is 12.9.